The van der Waals surface area contributed by atoms with Crippen molar-refractivity contribution >= 4 is 23.3 Å². The third kappa shape index (κ3) is 4.86. The molecule has 1 atom stereocenters. The summed E-state index contributed by atoms with van der Waals surface area (Å²) in [6.07, 6.45) is 0.121. The fourth-order valence-electron chi connectivity index (χ4n) is 2.44. The highest BCUT2D eigenvalue weighted by atomic mass is 16.6. The van der Waals surface area contributed by atoms with E-state index >= 15 is 0 Å². The van der Waals surface area contributed by atoms with Crippen LogP contribution in [-0.4, -0.2) is 26.3 Å². The van der Waals surface area contributed by atoms with Gasteiger partial charge >= 0.3 is 12.1 Å². The van der Waals surface area contributed by atoms with Crippen LogP contribution in [0.4, 0.5) is 10.5 Å². The van der Waals surface area contributed by atoms with Crippen LogP contribution in [0.1, 0.15) is 24.2 Å². The third-order valence-electron chi connectivity index (χ3n) is 3.63. The first-order valence-corrected chi connectivity index (χ1v) is 8.00. The Kier molecular flexibility index (Phi) is 6.79. The molecule has 2 rings (SSSR count). The summed E-state index contributed by atoms with van der Waals surface area (Å²) in [5.41, 5.74) is 2.10. The van der Waals surface area contributed by atoms with Crippen LogP contribution in [-0.2, 0) is 19.0 Å². The van der Waals surface area contributed by atoms with E-state index < -0.39 is 18.2 Å². The monoisotopic (exact) mass is 355 g/mol. The molecule has 1 unspecified atom stereocenters. The smallest absolute Gasteiger partial charge is 0.412 e. The summed E-state index contributed by atoms with van der Waals surface area (Å²) in [5, 5.41) is 2.66. The molecular weight excluding hydrogens is 334 g/mol. The Balaban J connectivity index is 2.21. The van der Waals surface area contributed by atoms with Gasteiger partial charge in [-0.2, -0.15) is 0 Å². The van der Waals surface area contributed by atoms with Crippen molar-refractivity contribution in [2.75, 3.05) is 19.5 Å². The molecule has 136 valence electrons. The Labute approximate surface area is 152 Å². The normalized spacial score (nSPS) is 12.0. The number of esters is 1. The number of anilines is 1. The minimum absolute atomic E-state index is 0.240. The van der Waals surface area contributed by atoms with Crippen LogP contribution >= 0.6 is 0 Å². The molecule has 26 heavy (non-hydrogen) atoms. The lowest BCUT2D eigenvalue weighted by Gasteiger charge is -2.18. The van der Waals surface area contributed by atoms with E-state index in [4.69, 9.17) is 14.2 Å². The van der Waals surface area contributed by atoms with Crippen molar-refractivity contribution in [2.45, 2.75) is 13.0 Å². The first-order valence-electron chi connectivity index (χ1n) is 8.00. The van der Waals surface area contributed by atoms with Crippen LogP contribution in [0.25, 0.3) is 5.57 Å². The Morgan fingerprint density at radius 2 is 1.65 bits per heavy atom. The second-order valence-corrected chi connectivity index (χ2v) is 5.38. The zero-order valence-electron chi connectivity index (χ0n) is 14.9. The number of benzene rings is 2. The van der Waals surface area contributed by atoms with Crippen LogP contribution in [0.15, 0.2) is 60.9 Å². The van der Waals surface area contributed by atoms with Crippen LogP contribution in [0.2, 0.25) is 0 Å². The van der Waals surface area contributed by atoms with Gasteiger partial charge in [-0.05, 0) is 24.6 Å². The molecule has 0 aliphatic carbocycles. The van der Waals surface area contributed by atoms with E-state index in [0.29, 0.717) is 16.8 Å². The number of ether oxygens (including phenoxy) is 3. The predicted octanol–water partition coefficient (Wildman–Crippen LogP) is 4.16. The number of nitrogens with one attached hydrogen (secondary N) is 1. The summed E-state index contributed by atoms with van der Waals surface area (Å²) < 4.78 is 15.3. The SMILES string of the molecule is COC=C(C(=O)OC)c1ccccc1C(C)OC(=O)Nc1ccccc1. The summed E-state index contributed by atoms with van der Waals surface area (Å²) >= 11 is 0. The lowest BCUT2D eigenvalue weighted by molar-refractivity contribution is -0.133. The number of para-hydroxylation sites is 1. The molecule has 2 aromatic rings. The van der Waals surface area contributed by atoms with Gasteiger partial charge in [0.25, 0.3) is 0 Å². The fraction of sp³-hybridized carbons (Fsp3) is 0.200. The predicted molar refractivity (Wildman–Crippen MR) is 98.4 cm³/mol. The van der Waals surface area contributed by atoms with Gasteiger partial charge in [-0.15, -0.1) is 0 Å². The van der Waals surface area contributed by atoms with Gasteiger partial charge in [0, 0.05) is 11.3 Å². The standard InChI is InChI=1S/C20H21NO5/c1-14(26-20(23)21-15-9-5-4-6-10-15)16-11-7-8-12-17(16)18(13-24-2)19(22)25-3/h4-14H,1-3H3,(H,21,23). The van der Waals surface area contributed by atoms with E-state index in [1.54, 1.807) is 43.3 Å². The van der Waals surface area contributed by atoms with Crippen molar-refractivity contribution in [2.24, 2.45) is 0 Å². The van der Waals surface area contributed by atoms with Crippen LogP contribution in [0.3, 0.4) is 0 Å². The summed E-state index contributed by atoms with van der Waals surface area (Å²) in [5.74, 6) is -0.541. The second kappa shape index (κ2) is 9.27. The molecule has 0 fully saturated rings. The van der Waals surface area contributed by atoms with Gasteiger partial charge in [-0.25, -0.2) is 9.59 Å². The van der Waals surface area contributed by atoms with Crippen molar-refractivity contribution in [3.05, 3.63) is 72.0 Å². The number of carbonyl (C=O) groups excluding carboxylic acids is 2. The third-order valence-corrected chi connectivity index (χ3v) is 3.63. The molecule has 2 aromatic carbocycles. The van der Waals surface area contributed by atoms with Gasteiger partial charge in [-0.3, -0.25) is 5.32 Å². The van der Waals surface area contributed by atoms with Gasteiger partial charge in [0.05, 0.1) is 20.5 Å². The fourth-order valence-corrected chi connectivity index (χ4v) is 2.44. The van der Waals surface area contributed by atoms with E-state index in [0.717, 1.165) is 0 Å². The first-order chi connectivity index (χ1) is 12.6. The molecule has 0 radical (unpaired) electrons. The Morgan fingerprint density at radius 3 is 2.31 bits per heavy atom. The van der Waals surface area contributed by atoms with Crippen molar-refractivity contribution < 1.29 is 23.8 Å². The molecule has 0 aromatic heterocycles. The van der Waals surface area contributed by atoms with E-state index in [2.05, 4.69) is 5.32 Å². The molecule has 0 bridgehead atoms. The Bertz CT molecular complexity index is 786. The van der Waals surface area contributed by atoms with Crippen LogP contribution in [0.5, 0.6) is 0 Å². The summed E-state index contributed by atoms with van der Waals surface area (Å²) in [4.78, 5) is 24.2. The van der Waals surface area contributed by atoms with Gasteiger partial charge in [0.2, 0.25) is 0 Å². The molecular formula is C20H21NO5. The van der Waals surface area contributed by atoms with Crippen molar-refractivity contribution in [3.8, 4) is 0 Å². The maximum atomic E-state index is 12.1. The summed E-state index contributed by atoms with van der Waals surface area (Å²) in [6, 6.07) is 16.1. The average Bonchev–Trinajstić information content (AvgIpc) is 2.66. The molecule has 0 aliphatic heterocycles. The van der Waals surface area contributed by atoms with E-state index in [1.807, 2.05) is 18.2 Å². The molecule has 6 heteroatoms. The van der Waals surface area contributed by atoms with Gasteiger partial charge in [0.1, 0.15) is 11.7 Å². The van der Waals surface area contributed by atoms with E-state index in [1.165, 1.54) is 20.5 Å². The van der Waals surface area contributed by atoms with E-state index in [-0.39, 0.29) is 5.57 Å². The zero-order valence-corrected chi connectivity index (χ0v) is 14.9. The minimum Gasteiger partial charge on any atom is -0.503 e. The lowest BCUT2D eigenvalue weighted by atomic mass is 9.97. The minimum atomic E-state index is -0.597. The molecule has 1 amide bonds. The Hall–Kier alpha value is -3.28. The number of carbonyl (C=O) groups is 2. The molecule has 0 heterocycles. The topological polar surface area (TPSA) is 73.9 Å². The molecule has 0 aliphatic rings. The van der Waals surface area contributed by atoms with Crippen molar-refractivity contribution in [1.82, 2.24) is 0 Å². The number of methoxy groups -OCH3 is 2. The van der Waals surface area contributed by atoms with Crippen molar-refractivity contribution in [1.29, 1.82) is 0 Å². The molecule has 1 N–H and O–H groups in total. The zero-order chi connectivity index (χ0) is 18.9. The van der Waals surface area contributed by atoms with Crippen LogP contribution in [0, 0.1) is 0 Å². The number of hydrogen-bond acceptors (Lipinski definition) is 5. The second-order valence-electron chi connectivity index (χ2n) is 5.38. The number of amides is 1. The summed E-state index contributed by atoms with van der Waals surface area (Å²) in [6.45, 7) is 1.73. The molecule has 0 saturated carbocycles. The van der Waals surface area contributed by atoms with Crippen molar-refractivity contribution in [3.63, 3.8) is 0 Å². The highest BCUT2D eigenvalue weighted by Crippen LogP contribution is 2.28. The maximum absolute atomic E-state index is 12.1. The highest BCUT2D eigenvalue weighted by Gasteiger charge is 2.21. The first kappa shape index (κ1) is 19.1. The van der Waals surface area contributed by atoms with Gasteiger partial charge in [-0.1, -0.05) is 42.5 Å². The lowest BCUT2D eigenvalue weighted by Crippen LogP contribution is -2.17. The van der Waals surface area contributed by atoms with Gasteiger partial charge < -0.3 is 14.2 Å². The average molecular weight is 355 g/mol. The summed E-state index contributed by atoms with van der Waals surface area (Å²) in [7, 11) is 2.74. The van der Waals surface area contributed by atoms with Crippen LogP contribution < -0.4 is 5.32 Å². The Morgan fingerprint density at radius 1 is 1.00 bits per heavy atom. The van der Waals surface area contributed by atoms with E-state index in [9.17, 15) is 9.59 Å². The maximum Gasteiger partial charge on any atom is 0.412 e. The molecule has 0 spiro atoms. The molecule has 0 saturated heterocycles. The number of rotatable bonds is 6. The largest absolute Gasteiger partial charge is 0.503 e. The highest BCUT2D eigenvalue weighted by molar-refractivity contribution is 6.16. The molecule has 6 nitrogen and oxygen atoms in total. The number of hydrogen-bond donors (Lipinski definition) is 1. The quantitative estimate of drug-likeness (QED) is 0.478. The van der Waals surface area contributed by atoms with Gasteiger partial charge in [0.15, 0.2) is 0 Å².